The van der Waals surface area contributed by atoms with Crippen molar-refractivity contribution in [1.29, 1.82) is 0 Å². The molecule has 0 aliphatic rings. The summed E-state index contributed by atoms with van der Waals surface area (Å²) in [5, 5.41) is -4.42. The first-order valence-electron chi connectivity index (χ1n) is 57.4. The maximum Gasteiger partial charge on any atom is 0.0652 e. The van der Waals surface area contributed by atoms with Gasteiger partial charge < -0.3 is 18.3 Å². The van der Waals surface area contributed by atoms with E-state index < -0.39 is 516 Å². The number of rotatable bonds is 9. The van der Waals surface area contributed by atoms with Gasteiger partial charge in [-0.15, -0.1) is 0 Å². The normalized spacial score (nSPS) is 20.1. The number of benzene rings is 15. The Morgan fingerprint density at radius 3 is 0.802 bits per heavy atom. The predicted molar refractivity (Wildman–Crippen MR) is 407 cm³/mol. The average molecular weight is 1280 g/mol. The second-order valence-corrected chi connectivity index (χ2v) is 20.8. The summed E-state index contributed by atoms with van der Waals surface area (Å²) in [6.07, 6.45) is 0. The van der Waals surface area contributed by atoms with Crippen LogP contribution in [0, 0.1) is 13.8 Å². The molecule has 4 aromatic heterocycles. The second-order valence-electron chi connectivity index (χ2n) is 20.8. The topological polar surface area (TPSA) is 19.7 Å². The number of aromatic nitrogens is 4. The summed E-state index contributed by atoms with van der Waals surface area (Å²) in [6, 6.07) is -53.1. The van der Waals surface area contributed by atoms with Gasteiger partial charge in [-0.1, -0.05) is 247 Å². The molecule has 19 aromatic rings. The van der Waals surface area contributed by atoms with Gasteiger partial charge in [0.25, 0.3) is 0 Å². The molecule has 452 valence electrons. The van der Waals surface area contributed by atoms with Gasteiger partial charge in [-0.05, 0) is 184 Å². The van der Waals surface area contributed by atoms with Crippen molar-refractivity contribution in [3.8, 4) is 78.4 Å². The Balaban J connectivity index is 0.000000202. The highest BCUT2D eigenvalue weighted by Gasteiger charge is 2.20. The minimum absolute atomic E-state index is 0.0697. The maximum absolute atomic E-state index is 9.90. The van der Waals surface area contributed by atoms with Gasteiger partial charge in [0, 0.05) is 65.8 Å². The van der Waals surface area contributed by atoms with Gasteiger partial charge >= 0.3 is 0 Å². The van der Waals surface area contributed by atoms with Gasteiger partial charge in [0.1, 0.15) is 0 Å². The fraction of sp³-hybridized carbons (Fsp3) is 0.0217. The van der Waals surface area contributed by atoms with E-state index in [1.807, 2.05) is 0 Å². The Kier molecular flexibility index (Phi) is 5.48. The summed E-state index contributed by atoms with van der Waals surface area (Å²) in [7, 11) is 0. The molecule has 0 unspecified atom stereocenters. The van der Waals surface area contributed by atoms with Crippen molar-refractivity contribution < 1.29 is 79.5 Å². The van der Waals surface area contributed by atoms with Crippen molar-refractivity contribution in [2.75, 3.05) is 0 Å². The highest BCUT2D eigenvalue weighted by atomic mass is 15.0. The molecule has 0 amide bonds. The van der Waals surface area contributed by atoms with Gasteiger partial charge in [-0.3, -0.25) is 0 Å². The average Bonchev–Trinajstić information content (AvgIpc) is 1.51. The Morgan fingerprint density at radius 1 is 0.167 bits per heavy atom. The summed E-state index contributed by atoms with van der Waals surface area (Å²) in [5.74, 6) is 0. The lowest BCUT2D eigenvalue weighted by atomic mass is 9.93. The molecule has 4 heteroatoms. The Hall–Kier alpha value is -12.5. The highest BCUT2D eigenvalue weighted by Crippen LogP contribution is 2.41. The lowest BCUT2D eigenvalue weighted by Gasteiger charge is -2.13. The van der Waals surface area contributed by atoms with E-state index in [0.717, 1.165) is 9.13 Å². The molecule has 0 atom stereocenters. The largest absolute Gasteiger partial charge is 0.309 e. The highest BCUT2D eigenvalue weighted by molar-refractivity contribution is 6.14. The van der Waals surface area contributed by atoms with Crippen molar-refractivity contribution in [2.24, 2.45) is 0 Å². The molecule has 0 aliphatic heterocycles. The van der Waals surface area contributed by atoms with E-state index in [0.29, 0.717) is 9.13 Å². The van der Waals surface area contributed by atoms with Crippen molar-refractivity contribution in [3.63, 3.8) is 0 Å². The van der Waals surface area contributed by atoms with Crippen LogP contribution in [-0.4, -0.2) is 18.3 Å². The second kappa shape index (κ2) is 23.3. The van der Waals surface area contributed by atoms with E-state index in [-0.39, 0.29) is 11.1 Å². The molecule has 0 saturated carbocycles. The van der Waals surface area contributed by atoms with Gasteiger partial charge in [-0.2, -0.15) is 0 Å². The number of nitrogens with zero attached hydrogens (tertiary/aromatic N) is 4. The SMILES string of the molecule is [2H]c1c([2H])c(-c2c([2H])c([2H])c(-c3c([2H])c([2H])c(C)c([2H])c3[2H])c([2H])c2[2H])c([2H])c(-n2c3c([2H])c([2H])c([2H])c([2H])c3c3c([2H])c(-n4c5c([2H])c([2H])c([2H])c([2H])c5c5c([2H])c([2H])c([2H])c([2H])c54)c([2H])c([2H])c32)c1[2H].[2H]c1c([2H])c([2H])c(-c2c([2H])c(-c3c([2H])c([2H])c(C)c([2H])c3[2H])c([2H])c(-c3c([2H])c([2H])c(-n4c5c([2H])c([2H])c([2H])c([2H])c5c5c([2H])c(-n6c7c([2H])c([2H])c([2H])c([2H])c7c7c([2H])c([2H])c([2H])c([2H])c76)c([2H])c([2H])c54)c([2H])c3[2H])c2[2H])c([2H])c1[2H]. The van der Waals surface area contributed by atoms with Crippen LogP contribution >= 0.6 is 0 Å². The number of para-hydroxylation sites is 6. The first-order chi connectivity index (χ1) is 71.6. The van der Waals surface area contributed by atoms with Crippen LogP contribution in [-0.2, 0) is 0 Å². The molecule has 0 fully saturated rings. The third-order valence-corrected chi connectivity index (χ3v) is 15.1. The zero-order valence-corrected chi connectivity index (χ0v) is 48.8. The molecule has 19 rings (SSSR count). The smallest absolute Gasteiger partial charge is 0.0652 e. The van der Waals surface area contributed by atoms with E-state index in [9.17, 15) is 24.7 Å². The molecular formula is C92H64N4. The van der Waals surface area contributed by atoms with Crippen LogP contribution in [0.3, 0.4) is 0 Å². The quantitative estimate of drug-likeness (QED) is 0.137. The Bertz CT molecular complexity index is 9490. The molecule has 0 N–H and O–H groups in total. The lowest BCUT2D eigenvalue weighted by molar-refractivity contribution is 1.17. The zero-order valence-electron chi connectivity index (χ0n) is 107. The molecule has 0 bridgehead atoms. The third-order valence-electron chi connectivity index (χ3n) is 15.1. The van der Waals surface area contributed by atoms with E-state index >= 15 is 0 Å². The standard InChI is InChI=1S/C49H34N2.C43H30N2/c1-33-19-21-35(22-20-33)38-29-37(34-11-3-2-4-12-34)30-39(31-38)36-23-25-40(26-24-36)50-48-18-10-7-15-44(48)45-32-41(27-28-49(45)50)51-46-16-8-5-13-42(46)43-14-6-9-17-47(43)51;1-29-17-19-30(20-18-29)31-21-23-32(24-22-31)33-9-8-10-34(27-33)44-42-16-7-4-13-38(42)39-28-35(25-26-43(39)44)45-40-14-5-2-11-36(40)37-12-3-6-15-41(37)45/h2-32H,1H3;2-28H,1H3/i2D,3D,4D,5D,6D,7D,8D,9D,10D,11D,12D,13D,14D,15D,16D,17D,18D,19D,20D,21D,22D,23D,24D,25D,26D,27D,28D,29D,30D,31D,32D;2D,3D,4D,5D,6D,7D,8D,9D,10D,11D,12D,13D,14D,15D,16D,17D,18D,19D,20D,21D,22D,23D,24D,25D,26D,27D,28D. The van der Waals surface area contributed by atoms with Gasteiger partial charge in [0.2, 0.25) is 0 Å². The third kappa shape index (κ3) is 9.69. The Morgan fingerprint density at radius 2 is 0.417 bits per heavy atom. The van der Waals surface area contributed by atoms with E-state index in [1.165, 1.54) is 13.8 Å². The fourth-order valence-corrected chi connectivity index (χ4v) is 10.9. The minimum Gasteiger partial charge on any atom is -0.309 e. The molecule has 15 aromatic carbocycles. The fourth-order valence-electron chi connectivity index (χ4n) is 10.9. The van der Waals surface area contributed by atoms with E-state index in [1.54, 1.807) is 0 Å². The summed E-state index contributed by atoms with van der Waals surface area (Å²) in [5.41, 5.74) is -17.1. The van der Waals surface area contributed by atoms with Crippen LogP contribution in [0.2, 0.25) is 0 Å². The maximum atomic E-state index is 9.90. The monoisotopic (exact) mass is 1280 g/mol. The van der Waals surface area contributed by atoms with Crippen molar-refractivity contribution in [3.05, 3.63) is 362 Å². The summed E-state index contributed by atoms with van der Waals surface area (Å²) in [6.45, 7) is 2.56. The first-order valence-corrected chi connectivity index (χ1v) is 28.4. The summed E-state index contributed by atoms with van der Waals surface area (Å²) < 4.78 is 524. The molecular weight excluding hydrogens is 1160 g/mol. The Labute approximate surface area is 638 Å². The molecule has 4 nitrogen and oxygen atoms in total. The van der Waals surface area contributed by atoms with Crippen LogP contribution in [0.5, 0.6) is 0 Å². The molecule has 96 heavy (non-hydrogen) atoms. The minimum atomic E-state index is -1.19. The number of hydrogen-bond donors (Lipinski definition) is 0. The number of hydrogen-bond acceptors (Lipinski definition) is 0. The van der Waals surface area contributed by atoms with Crippen LogP contribution < -0.4 is 0 Å². The van der Waals surface area contributed by atoms with Crippen molar-refractivity contribution >= 4 is 87.2 Å². The van der Waals surface area contributed by atoms with E-state index in [2.05, 4.69) is 0 Å². The van der Waals surface area contributed by atoms with Crippen LogP contribution in [0.1, 0.15) is 90.6 Å². The molecule has 0 saturated heterocycles. The van der Waals surface area contributed by atoms with Crippen LogP contribution in [0.4, 0.5) is 0 Å². The van der Waals surface area contributed by atoms with Crippen LogP contribution in [0.15, 0.2) is 350 Å². The zero-order chi connectivity index (χ0) is 114. The predicted octanol–water partition coefficient (Wildman–Crippen LogP) is 24.7. The number of fused-ring (bicyclic) bond motifs is 12. The van der Waals surface area contributed by atoms with Crippen LogP contribution in [0.25, 0.3) is 166 Å². The first kappa shape index (κ1) is 22.6. The van der Waals surface area contributed by atoms with Gasteiger partial charge in [0.05, 0.1) is 124 Å². The molecule has 0 radical (unpaired) electrons. The van der Waals surface area contributed by atoms with Crippen molar-refractivity contribution in [1.82, 2.24) is 18.3 Å². The van der Waals surface area contributed by atoms with Gasteiger partial charge in [0.15, 0.2) is 0 Å². The lowest BCUT2D eigenvalue weighted by Crippen LogP contribution is -1.96. The van der Waals surface area contributed by atoms with Gasteiger partial charge in [-0.25, -0.2) is 0 Å². The molecule has 0 spiro atoms. The van der Waals surface area contributed by atoms with Crippen molar-refractivity contribution in [2.45, 2.75) is 13.8 Å². The summed E-state index contributed by atoms with van der Waals surface area (Å²) >= 11 is 0. The van der Waals surface area contributed by atoms with E-state index in [4.69, 9.17) is 54.8 Å². The molecule has 4 heterocycles. The summed E-state index contributed by atoms with van der Waals surface area (Å²) in [4.78, 5) is 0. The molecule has 0 aliphatic carbocycles.